The minimum Gasteiger partial charge on any atom is -0.382 e. The lowest BCUT2D eigenvalue weighted by atomic mass is 10.1. The van der Waals surface area contributed by atoms with E-state index in [0.29, 0.717) is 24.9 Å². The normalized spacial score (nSPS) is 15.5. The van der Waals surface area contributed by atoms with E-state index in [1.165, 1.54) is 44.9 Å². The number of amides is 1. The lowest BCUT2D eigenvalue weighted by molar-refractivity contribution is -0.384. The lowest BCUT2D eigenvalue weighted by Gasteiger charge is -2.16. The molecule has 24 heavy (non-hydrogen) atoms. The zero-order valence-corrected chi connectivity index (χ0v) is 14.0. The van der Waals surface area contributed by atoms with Gasteiger partial charge in [-0.2, -0.15) is 0 Å². The van der Waals surface area contributed by atoms with E-state index in [2.05, 4.69) is 10.6 Å². The van der Waals surface area contributed by atoms with Gasteiger partial charge in [-0.15, -0.1) is 0 Å². The Labute approximate surface area is 141 Å². The van der Waals surface area contributed by atoms with Crippen molar-refractivity contribution in [3.63, 3.8) is 0 Å². The number of ether oxygens (including phenoxy) is 1. The molecule has 7 heteroatoms. The third-order valence-corrected chi connectivity index (χ3v) is 4.26. The Morgan fingerprint density at radius 2 is 2.00 bits per heavy atom. The molecule has 0 saturated heterocycles. The Balaban J connectivity index is 1.91. The van der Waals surface area contributed by atoms with Gasteiger partial charge in [-0.1, -0.05) is 25.7 Å². The van der Waals surface area contributed by atoms with Crippen LogP contribution in [0, 0.1) is 10.1 Å². The van der Waals surface area contributed by atoms with Crippen molar-refractivity contribution in [2.45, 2.75) is 44.6 Å². The van der Waals surface area contributed by atoms with E-state index in [0.717, 1.165) is 12.8 Å². The Morgan fingerprint density at radius 1 is 1.29 bits per heavy atom. The Bertz CT molecular complexity index is 569. The van der Waals surface area contributed by atoms with E-state index in [9.17, 15) is 14.9 Å². The van der Waals surface area contributed by atoms with Crippen molar-refractivity contribution in [1.29, 1.82) is 0 Å². The van der Waals surface area contributed by atoms with Gasteiger partial charge in [0.25, 0.3) is 11.6 Å². The number of non-ortho nitro benzene ring substituents is 1. The molecule has 0 aliphatic heterocycles. The van der Waals surface area contributed by atoms with E-state index < -0.39 is 4.92 Å². The van der Waals surface area contributed by atoms with Crippen molar-refractivity contribution in [2.24, 2.45) is 0 Å². The molecule has 1 saturated carbocycles. The molecule has 7 nitrogen and oxygen atoms in total. The van der Waals surface area contributed by atoms with Gasteiger partial charge < -0.3 is 15.4 Å². The number of hydrogen-bond donors (Lipinski definition) is 2. The van der Waals surface area contributed by atoms with Gasteiger partial charge in [0.05, 0.1) is 23.2 Å². The minimum absolute atomic E-state index is 0.103. The van der Waals surface area contributed by atoms with Crippen LogP contribution < -0.4 is 10.6 Å². The summed E-state index contributed by atoms with van der Waals surface area (Å²) in [4.78, 5) is 22.3. The Kier molecular flexibility index (Phi) is 6.99. The highest BCUT2D eigenvalue weighted by molar-refractivity contribution is 6.00. The van der Waals surface area contributed by atoms with Crippen molar-refractivity contribution >= 4 is 17.3 Å². The summed E-state index contributed by atoms with van der Waals surface area (Å²) in [6.07, 6.45) is 7.57. The third-order valence-electron chi connectivity index (χ3n) is 4.26. The molecule has 0 radical (unpaired) electrons. The average molecular weight is 335 g/mol. The maximum Gasteiger partial charge on any atom is 0.270 e. The number of benzene rings is 1. The summed E-state index contributed by atoms with van der Waals surface area (Å²) in [7, 11) is 1.50. The molecule has 0 unspecified atom stereocenters. The molecule has 0 aromatic heterocycles. The van der Waals surface area contributed by atoms with Gasteiger partial charge in [0.1, 0.15) is 0 Å². The summed E-state index contributed by atoms with van der Waals surface area (Å²) in [5, 5.41) is 16.5. The van der Waals surface area contributed by atoms with Crippen LogP contribution in [0.4, 0.5) is 11.4 Å². The molecule has 0 spiro atoms. The number of nitrogens with zero attached hydrogens (tertiary/aromatic N) is 1. The molecule has 0 atom stereocenters. The van der Waals surface area contributed by atoms with Gasteiger partial charge in [-0.25, -0.2) is 0 Å². The summed E-state index contributed by atoms with van der Waals surface area (Å²) in [5.41, 5.74) is 0.736. The van der Waals surface area contributed by atoms with Crippen LogP contribution in [0.25, 0.3) is 0 Å². The molecule has 2 rings (SSSR count). The van der Waals surface area contributed by atoms with E-state index in [-0.39, 0.29) is 17.2 Å². The molecule has 132 valence electrons. The molecule has 0 bridgehead atoms. The van der Waals surface area contributed by atoms with Gasteiger partial charge in [-0.3, -0.25) is 14.9 Å². The second-order valence-electron chi connectivity index (χ2n) is 5.98. The first-order valence-corrected chi connectivity index (χ1v) is 8.48. The molecule has 1 aliphatic carbocycles. The fourth-order valence-corrected chi connectivity index (χ4v) is 2.94. The largest absolute Gasteiger partial charge is 0.382 e. The number of carbonyl (C=O) groups is 1. The molecular weight excluding hydrogens is 310 g/mol. The predicted molar refractivity (Wildman–Crippen MR) is 92.4 cm³/mol. The van der Waals surface area contributed by atoms with E-state index in [1.54, 1.807) is 6.07 Å². The summed E-state index contributed by atoms with van der Waals surface area (Å²) < 4.78 is 5.90. The summed E-state index contributed by atoms with van der Waals surface area (Å²) in [5.74, 6) is -0.356. The number of nitro benzene ring substituents is 1. The maximum absolute atomic E-state index is 11.9. The molecular formula is C17H25N3O4. The van der Waals surface area contributed by atoms with Gasteiger partial charge in [0.15, 0.2) is 0 Å². The molecule has 2 N–H and O–H groups in total. The van der Waals surface area contributed by atoms with Gasteiger partial charge in [0.2, 0.25) is 0 Å². The molecule has 1 aromatic carbocycles. The fourth-order valence-electron chi connectivity index (χ4n) is 2.94. The van der Waals surface area contributed by atoms with Crippen LogP contribution in [0.3, 0.4) is 0 Å². The van der Waals surface area contributed by atoms with E-state index >= 15 is 0 Å². The van der Waals surface area contributed by atoms with Crippen LogP contribution in [0.1, 0.15) is 48.9 Å². The van der Waals surface area contributed by atoms with Gasteiger partial charge in [-0.05, 0) is 18.9 Å². The maximum atomic E-state index is 11.9. The van der Waals surface area contributed by atoms with Crippen molar-refractivity contribution in [3.8, 4) is 0 Å². The quantitative estimate of drug-likeness (QED) is 0.346. The Morgan fingerprint density at radius 3 is 2.62 bits per heavy atom. The highest BCUT2D eigenvalue weighted by Gasteiger charge is 2.16. The highest BCUT2D eigenvalue weighted by atomic mass is 16.6. The van der Waals surface area contributed by atoms with Gasteiger partial charge >= 0.3 is 0 Å². The molecule has 1 amide bonds. The zero-order chi connectivity index (χ0) is 17.4. The van der Waals surface area contributed by atoms with E-state index in [4.69, 9.17) is 4.74 Å². The van der Waals surface area contributed by atoms with Crippen molar-refractivity contribution in [2.75, 3.05) is 25.5 Å². The first-order valence-electron chi connectivity index (χ1n) is 8.48. The van der Waals surface area contributed by atoms with Crippen molar-refractivity contribution in [1.82, 2.24) is 5.32 Å². The number of hydrogen-bond acceptors (Lipinski definition) is 5. The second-order valence-corrected chi connectivity index (χ2v) is 5.98. The fraction of sp³-hybridized carbons (Fsp3) is 0.588. The monoisotopic (exact) mass is 335 g/mol. The summed E-state index contributed by atoms with van der Waals surface area (Å²) in [6.45, 7) is 1.10. The van der Waals surface area contributed by atoms with Crippen LogP contribution >= 0.6 is 0 Å². The van der Waals surface area contributed by atoms with Crippen LogP contribution in [-0.2, 0) is 4.74 Å². The molecule has 1 aliphatic rings. The first-order chi connectivity index (χ1) is 11.6. The van der Waals surface area contributed by atoms with Gasteiger partial charge in [0, 0.05) is 31.4 Å². The number of nitro groups is 1. The van der Waals surface area contributed by atoms with Crippen molar-refractivity contribution in [3.05, 3.63) is 33.9 Å². The SMILES string of the molecule is CNC(=O)c1cc([N+](=O)[O-])ccc1NCCOC1CCCCCC1. The predicted octanol–water partition coefficient (Wildman–Crippen LogP) is 3.11. The smallest absolute Gasteiger partial charge is 0.270 e. The lowest BCUT2D eigenvalue weighted by Crippen LogP contribution is -2.22. The average Bonchev–Trinajstić information content (AvgIpc) is 2.86. The van der Waals surface area contributed by atoms with Crippen LogP contribution in [0.15, 0.2) is 18.2 Å². The molecule has 0 heterocycles. The third kappa shape index (κ3) is 5.19. The minimum atomic E-state index is -0.509. The van der Waals surface area contributed by atoms with Crippen LogP contribution in [-0.4, -0.2) is 37.1 Å². The number of anilines is 1. The van der Waals surface area contributed by atoms with Crippen molar-refractivity contribution < 1.29 is 14.5 Å². The Hall–Kier alpha value is -2.15. The van der Waals surface area contributed by atoms with E-state index in [1.807, 2.05) is 0 Å². The second kappa shape index (κ2) is 9.22. The molecule has 1 aromatic rings. The zero-order valence-electron chi connectivity index (χ0n) is 14.0. The standard InChI is InChI=1S/C17H25N3O4/c1-18-17(21)15-12-13(20(22)23)8-9-16(15)19-10-11-24-14-6-4-2-3-5-7-14/h8-9,12,14,19H,2-7,10-11H2,1H3,(H,18,21). The van der Waals surface area contributed by atoms with Crippen LogP contribution in [0.5, 0.6) is 0 Å². The number of rotatable bonds is 7. The summed E-state index contributed by atoms with van der Waals surface area (Å²) >= 11 is 0. The number of carbonyl (C=O) groups excluding carboxylic acids is 1. The topological polar surface area (TPSA) is 93.5 Å². The van der Waals surface area contributed by atoms with Crippen LogP contribution in [0.2, 0.25) is 0 Å². The number of nitrogens with one attached hydrogen (secondary N) is 2. The highest BCUT2D eigenvalue weighted by Crippen LogP contribution is 2.22. The molecule has 1 fully saturated rings. The first kappa shape index (κ1) is 18.2. The summed E-state index contributed by atoms with van der Waals surface area (Å²) in [6, 6.07) is 4.24.